The van der Waals surface area contributed by atoms with E-state index in [0.717, 1.165) is 45.2 Å². The Hall–Kier alpha value is -3.68. The average molecular weight is 445 g/mol. The second-order valence-electron chi connectivity index (χ2n) is 9.65. The number of hydrogen-bond donors (Lipinski definition) is 2. The summed E-state index contributed by atoms with van der Waals surface area (Å²) in [6.45, 7) is 6.50. The number of carbonyl (C=O) groups is 1. The van der Waals surface area contributed by atoms with Crippen molar-refractivity contribution >= 4 is 33.8 Å². The third-order valence-corrected chi connectivity index (χ3v) is 6.55. The van der Waals surface area contributed by atoms with Gasteiger partial charge in [0.25, 0.3) is 0 Å². The van der Waals surface area contributed by atoms with Gasteiger partial charge in [0.05, 0.1) is 10.9 Å². The molecule has 0 saturated carbocycles. The summed E-state index contributed by atoms with van der Waals surface area (Å²) in [7, 11) is 0. The fourth-order valence-corrected chi connectivity index (χ4v) is 5.24. The van der Waals surface area contributed by atoms with E-state index in [0.29, 0.717) is 25.2 Å². The van der Waals surface area contributed by atoms with Crippen molar-refractivity contribution < 1.29 is 9.90 Å². The lowest BCUT2D eigenvalue weighted by molar-refractivity contribution is 0.0643. The predicted molar refractivity (Wildman–Crippen MR) is 129 cm³/mol. The zero-order valence-corrected chi connectivity index (χ0v) is 19.1. The minimum absolute atomic E-state index is 0.0841. The number of nitrogens with two attached hydrogens (primary N) is 1. The molecule has 8 heteroatoms. The lowest BCUT2D eigenvalue weighted by atomic mass is 9.96. The van der Waals surface area contributed by atoms with Crippen LogP contribution in [-0.4, -0.2) is 47.2 Å². The summed E-state index contributed by atoms with van der Waals surface area (Å²) in [5, 5.41) is 11.8. The Kier molecular flexibility index (Phi) is 4.96. The molecular formula is C25H28N6O2. The Morgan fingerprint density at radius 3 is 2.73 bits per heavy atom. The van der Waals surface area contributed by atoms with Gasteiger partial charge in [-0.25, -0.2) is 14.8 Å². The van der Waals surface area contributed by atoms with Crippen molar-refractivity contribution in [2.75, 3.05) is 5.73 Å². The Bertz CT molecular complexity index is 1370. The van der Waals surface area contributed by atoms with Crippen LogP contribution in [0.4, 0.5) is 10.6 Å². The highest BCUT2D eigenvalue weighted by atomic mass is 16.4. The highest BCUT2D eigenvalue weighted by molar-refractivity contribution is 6.03. The number of benzene rings is 1. The maximum atomic E-state index is 12.1. The third-order valence-electron chi connectivity index (χ3n) is 6.55. The van der Waals surface area contributed by atoms with Crippen molar-refractivity contribution in [1.82, 2.24) is 24.4 Å². The molecule has 5 rings (SSSR count). The van der Waals surface area contributed by atoms with Gasteiger partial charge in [-0.1, -0.05) is 18.2 Å². The van der Waals surface area contributed by atoms with E-state index in [2.05, 4.69) is 25.6 Å². The van der Waals surface area contributed by atoms with E-state index >= 15 is 0 Å². The largest absolute Gasteiger partial charge is 0.465 e. The predicted octanol–water partition coefficient (Wildman–Crippen LogP) is 4.71. The molecule has 1 atom stereocenters. The van der Waals surface area contributed by atoms with E-state index in [1.807, 2.05) is 51.2 Å². The molecule has 0 unspecified atom stereocenters. The number of anilines is 1. The van der Waals surface area contributed by atoms with Crippen molar-refractivity contribution in [1.29, 1.82) is 0 Å². The van der Waals surface area contributed by atoms with Crippen LogP contribution in [0.3, 0.4) is 0 Å². The summed E-state index contributed by atoms with van der Waals surface area (Å²) in [5.74, 6) is 0.446. The van der Waals surface area contributed by atoms with Crippen molar-refractivity contribution in [2.45, 2.75) is 58.2 Å². The van der Waals surface area contributed by atoms with Gasteiger partial charge >= 0.3 is 6.09 Å². The number of aryl methyl sites for hydroxylation is 1. The lowest BCUT2D eigenvalue weighted by Crippen LogP contribution is -2.51. The summed E-state index contributed by atoms with van der Waals surface area (Å²) >= 11 is 0. The first-order valence-electron chi connectivity index (χ1n) is 11.2. The van der Waals surface area contributed by atoms with Crippen molar-refractivity contribution in [3.63, 3.8) is 0 Å². The van der Waals surface area contributed by atoms with E-state index in [4.69, 9.17) is 5.73 Å². The molecule has 1 aliphatic rings. The van der Waals surface area contributed by atoms with Crippen LogP contribution >= 0.6 is 0 Å². The Labute approximate surface area is 192 Å². The fraction of sp³-hybridized carbons (Fsp3) is 0.360. The summed E-state index contributed by atoms with van der Waals surface area (Å²) in [5.41, 5.74) is 10.7. The molecule has 0 spiro atoms. The topological polar surface area (TPSA) is 110 Å². The Morgan fingerprint density at radius 1 is 1.18 bits per heavy atom. The van der Waals surface area contributed by atoms with Crippen LogP contribution in [0.15, 0.2) is 42.9 Å². The minimum atomic E-state index is -0.880. The number of hydrogen-bond acceptors (Lipinski definition) is 5. The van der Waals surface area contributed by atoms with Gasteiger partial charge < -0.3 is 20.3 Å². The first-order chi connectivity index (χ1) is 15.8. The zero-order valence-electron chi connectivity index (χ0n) is 19.1. The first kappa shape index (κ1) is 21.2. The summed E-state index contributed by atoms with van der Waals surface area (Å²) in [6, 6.07) is 10.1. The molecule has 0 bridgehead atoms. The number of nitrogens with zero attached hydrogens (tertiary/aromatic N) is 5. The lowest BCUT2D eigenvalue weighted by Gasteiger charge is -2.39. The van der Waals surface area contributed by atoms with E-state index in [1.54, 1.807) is 4.90 Å². The smallest absolute Gasteiger partial charge is 0.407 e. The number of nitrogen functional groups attached to an aromatic ring is 1. The van der Waals surface area contributed by atoms with Gasteiger partial charge in [0, 0.05) is 46.5 Å². The van der Waals surface area contributed by atoms with Crippen molar-refractivity contribution in [2.24, 2.45) is 0 Å². The highest BCUT2D eigenvalue weighted by Crippen LogP contribution is 2.40. The van der Waals surface area contributed by atoms with Crippen LogP contribution in [0.25, 0.3) is 33.1 Å². The minimum Gasteiger partial charge on any atom is -0.465 e. The van der Waals surface area contributed by atoms with Crippen molar-refractivity contribution in [3.05, 3.63) is 48.5 Å². The zero-order chi connectivity index (χ0) is 23.3. The van der Waals surface area contributed by atoms with Gasteiger partial charge in [0.1, 0.15) is 17.8 Å². The van der Waals surface area contributed by atoms with Crippen molar-refractivity contribution in [3.8, 4) is 11.1 Å². The molecule has 8 nitrogen and oxygen atoms in total. The summed E-state index contributed by atoms with van der Waals surface area (Å²) in [6.07, 6.45) is 4.64. The van der Waals surface area contributed by atoms with Crippen LogP contribution in [0.1, 0.15) is 39.3 Å². The van der Waals surface area contributed by atoms with Gasteiger partial charge in [-0.15, -0.1) is 0 Å². The van der Waals surface area contributed by atoms with Gasteiger partial charge in [-0.3, -0.25) is 4.98 Å². The molecule has 1 amide bonds. The number of aromatic nitrogens is 4. The Morgan fingerprint density at radius 2 is 1.97 bits per heavy atom. The molecule has 1 aromatic carbocycles. The molecule has 1 aliphatic heterocycles. The van der Waals surface area contributed by atoms with Crippen LogP contribution in [0.2, 0.25) is 0 Å². The average Bonchev–Trinajstić information content (AvgIpc) is 2.94. The molecule has 4 heterocycles. The molecule has 4 aromatic rings. The molecule has 3 N–H and O–H groups in total. The van der Waals surface area contributed by atoms with Gasteiger partial charge in [-0.05, 0) is 52.2 Å². The molecule has 3 aromatic heterocycles. The second-order valence-corrected chi connectivity index (χ2v) is 9.65. The molecular weight excluding hydrogens is 416 g/mol. The van der Waals surface area contributed by atoms with E-state index in [1.165, 1.54) is 6.33 Å². The number of para-hydroxylation sites is 1. The molecule has 0 fully saturated rings. The number of rotatable bonds is 2. The monoisotopic (exact) mass is 444 g/mol. The molecule has 0 saturated heterocycles. The fourth-order valence-electron chi connectivity index (χ4n) is 5.24. The number of amides is 1. The van der Waals surface area contributed by atoms with Gasteiger partial charge in [-0.2, -0.15) is 0 Å². The normalized spacial score (nSPS) is 16.5. The standard InChI is InChI=1S/C25H28N6O2/c1-25(2,3)31(24(32)33)17-8-9-19-20(16-12-15-6-4-5-7-18(15)27-13-16)21-22(26)28-14-29-23(21)30(19)11-10-17/h4-7,12-14,17H,8-11H2,1-3H3,(H,32,33)(H2,26,28,29)/t17-/m0/s1. The van der Waals surface area contributed by atoms with Crippen LogP contribution in [0.5, 0.6) is 0 Å². The number of carboxylic acid groups (broad SMARTS) is 1. The second kappa shape index (κ2) is 7.72. The quantitative estimate of drug-likeness (QED) is 0.463. The third kappa shape index (κ3) is 3.55. The number of pyridine rings is 1. The highest BCUT2D eigenvalue weighted by Gasteiger charge is 2.35. The van der Waals surface area contributed by atoms with Crippen LogP contribution < -0.4 is 5.73 Å². The number of fused-ring (bicyclic) bond motifs is 4. The molecule has 170 valence electrons. The van der Waals surface area contributed by atoms with Crippen LogP contribution in [-0.2, 0) is 13.0 Å². The molecule has 0 aliphatic carbocycles. The summed E-state index contributed by atoms with van der Waals surface area (Å²) in [4.78, 5) is 27.2. The molecule has 33 heavy (non-hydrogen) atoms. The maximum Gasteiger partial charge on any atom is 0.407 e. The first-order valence-corrected chi connectivity index (χ1v) is 11.2. The van der Waals surface area contributed by atoms with E-state index in [-0.39, 0.29) is 6.04 Å². The maximum absolute atomic E-state index is 12.1. The van der Waals surface area contributed by atoms with E-state index < -0.39 is 11.6 Å². The SMILES string of the molecule is CC(C)(C)N(C(=O)O)[C@H]1CCc2c(-c3cnc4ccccc4c3)c3c(N)ncnc3n2CC1. The Balaban J connectivity index is 1.66. The van der Waals surface area contributed by atoms with Gasteiger partial charge in [0.2, 0.25) is 0 Å². The summed E-state index contributed by atoms with van der Waals surface area (Å²) < 4.78 is 2.20. The van der Waals surface area contributed by atoms with Gasteiger partial charge in [0.15, 0.2) is 0 Å². The molecule has 0 radical (unpaired) electrons. The van der Waals surface area contributed by atoms with Crippen LogP contribution in [0, 0.1) is 0 Å². The van der Waals surface area contributed by atoms with E-state index in [9.17, 15) is 9.90 Å².